The minimum atomic E-state index is 0.238. The smallest absolute Gasteiger partial charge is 0.0489 e. The molecule has 0 spiro atoms. The maximum atomic E-state index is 5.64. The van der Waals surface area contributed by atoms with Crippen molar-refractivity contribution in [3.63, 3.8) is 0 Å². The molecule has 0 fully saturated rings. The van der Waals surface area contributed by atoms with E-state index >= 15 is 0 Å². The minimum absolute atomic E-state index is 0.238. The summed E-state index contributed by atoms with van der Waals surface area (Å²) in [5, 5.41) is 0. The van der Waals surface area contributed by atoms with Crippen LogP contribution in [0, 0.1) is 12.8 Å². The number of nitrogens with zero attached hydrogens (tertiary/aromatic N) is 1. The summed E-state index contributed by atoms with van der Waals surface area (Å²) in [6.45, 7) is 6.41. The number of aromatic nitrogens is 1. The number of hydrazine groups is 1. The van der Waals surface area contributed by atoms with Crippen molar-refractivity contribution in [1.82, 2.24) is 10.4 Å². The molecule has 3 N–H and O–H groups in total. The summed E-state index contributed by atoms with van der Waals surface area (Å²) in [5.41, 5.74) is 5.20. The monoisotopic (exact) mass is 207 g/mol. The predicted molar refractivity (Wildman–Crippen MR) is 63.1 cm³/mol. The lowest BCUT2D eigenvalue weighted by molar-refractivity contribution is 0.345. The molecular formula is C12H21N3. The Morgan fingerprint density at radius 3 is 2.53 bits per heavy atom. The fraction of sp³-hybridized carbons (Fsp3) is 0.583. The van der Waals surface area contributed by atoms with E-state index in [2.05, 4.69) is 30.3 Å². The van der Waals surface area contributed by atoms with Crippen LogP contribution in [0.4, 0.5) is 0 Å². The van der Waals surface area contributed by atoms with Gasteiger partial charge in [-0.3, -0.25) is 16.3 Å². The van der Waals surface area contributed by atoms with E-state index in [4.69, 9.17) is 5.84 Å². The third-order valence-electron chi connectivity index (χ3n) is 2.98. The molecule has 1 aromatic rings. The SMILES string of the molecule is CCC(CC)C(NN)c1ccnc(C)c1. The number of aryl methyl sites for hydroxylation is 1. The number of rotatable bonds is 5. The zero-order valence-electron chi connectivity index (χ0n) is 9.83. The normalized spacial score (nSPS) is 13.1. The van der Waals surface area contributed by atoms with Gasteiger partial charge in [0.15, 0.2) is 0 Å². The van der Waals surface area contributed by atoms with Crippen LogP contribution in [0.25, 0.3) is 0 Å². The van der Waals surface area contributed by atoms with E-state index in [0.29, 0.717) is 5.92 Å². The van der Waals surface area contributed by atoms with Gasteiger partial charge in [0, 0.05) is 17.9 Å². The van der Waals surface area contributed by atoms with Crippen LogP contribution in [0.3, 0.4) is 0 Å². The average Bonchev–Trinajstić information content (AvgIpc) is 2.25. The number of nitrogens with two attached hydrogens (primary N) is 1. The van der Waals surface area contributed by atoms with Gasteiger partial charge in [0.2, 0.25) is 0 Å². The van der Waals surface area contributed by atoms with E-state index in [0.717, 1.165) is 18.5 Å². The lowest BCUT2D eigenvalue weighted by Crippen LogP contribution is -2.33. The Labute approximate surface area is 92.1 Å². The lowest BCUT2D eigenvalue weighted by atomic mass is 9.89. The Kier molecular flexibility index (Phi) is 4.72. The molecule has 0 aliphatic rings. The Hall–Kier alpha value is -0.930. The van der Waals surface area contributed by atoms with Crippen LogP contribution in [0.2, 0.25) is 0 Å². The highest BCUT2D eigenvalue weighted by Crippen LogP contribution is 2.26. The molecule has 15 heavy (non-hydrogen) atoms. The second-order valence-corrected chi connectivity index (χ2v) is 3.95. The van der Waals surface area contributed by atoms with Crippen molar-refractivity contribution in [1.29, 1.82) is 0 Å². The minimum Gasteiger partial charge on any atom is -0.271 e. The fourth-order valence-corrected chi connectivity index (χ4v) is 2.03. The highest BCUT2D eigenvalue weighted by atomic mass is 15.2. The van der Waals surface area contributed by atoms with Gasteiger partial charge in [-0.25, -0.2) is 0 Å². The van der Waals surface area contributed by atoms with Gasteiger partial charge < -0.3 is 0 Å². The topological polar surface area (TPSA) is 50.9 Å². The van der Waals surface area contributed by atoms with E-state index < -0.39 is 0 Å². The quantitative estimate of drug-likeness (QED) is 0.575. The van der Waals surface area contributed by atoms with Gasteiger partial charge in [-0.1, -0.05) is 26.7 Å². The van der Waals surface area contributed by atoms with Crippen molar-refractivity contribution in [2.45, 2.75) is 39.7 Å². The molecule has 0 aromatic carbocycles. The standard InChI is InChI=1S/C12H21N3/c1-4-10(5-2)12(15-13)11-6-7-14-9(3)8-11/h6-8,10,12,15H,4-5,13H2,1-3H3. The molecule has 84 valence electrons. The number of hydrogen-bond donors (Lipinski definition) is 2. The molecule has 0 radical (unpaired) electrons. The number of pyridine rings is 1. The van der Waals surface area contributed by atoms with Crippen molar-refractivity contribution >= 4 is 0 Å². The Morgan fingerprint density at radius 2 is 2.07 bits per heavy atom. The average molecular weight is 207 g/mol. The molecule has 0 amide bonds. The predicted octanol–water partition coefficient (Wildman–Crippen LogP) is 2.33. The molecule has 1 heterocycles. The summed E-state index contributed by atoms with van der Waals surface area (Å²) in [6.07, 6.45) is 4.11. The largest absolute Gasteiger partial charge is 0.271 e. The van der Waals surface area contributed by atoms with Crippen LogP contribution in [0.1, 0.15) is 44.0 Å². The molecule has 0 saturated heterocycles. The van der Waals surface area contributed by atoms with Gasteiger partial charge in [-0.15, -0.1) is 0 Å². The van der Waals surface area contributed by atoms with E-state index in [9.17, 15) is 0 Å². The molecule has 3 heteroatoms. The maximum Gasteiger partial charge on any atom is 0.0489 e. The Balaban J connectivity index is 2.90. The van der Waals surface area contributed by atoms with Crippen LogP contribution in [0.15, 0.2) is 18.3 Å². The van der Waals surface area contributed by atoms with Gasteiger partial charge >= 0.3 is 0 Å². The second-order valence-electron chi connectivity index (χ2n) is 3.95. The highest BCUT2D eigenvalue weighted by Gasteiger charge is 2.18. The molecular weight excluding hydrogens is 186 g/mol. The summed E-state index contributed by atoms with van der Waals surface area (Å²) in [4.78, 5) is 4.20. The van der Waals surface area contributed by atoms with Crippen molar-refractivity contribution in [3.05, 3.63) is 29.6 Å². The first kappa shape index (κ1) is 12.1. The molecule has 1 rings (SSSR count). The van der Waals surface area contributed by atoms with Gasteiger partial charge in [0.05, 0.1) is 0 Å². The van der Waals surface area contributed by atoms with Gasteiger partial charge in [0.25, 0.3) is 0 Å². The zero-order chi connectivity index (χ0) is 11.3. The molecule has 0 saturated carbocycles. The molecule has 0 aliphatic carbocycles. The molecule has 3 nitrogen and oxygen atoms in total. The molecule has 0 bridgehead atoms. The van der Waals surface area contributed by atoms with Crippen molar-refractivity contribution in [3.8, 4) is 0 Å². The van der Waals surface area contributed by atoms with Crippen molar-refractivity contribution in [2.75, 3.05) is 0 Å². The summed E-state index contributed by atoms with van der Waals surface area (Å²) in [7, 11) is 0. The Bertz CT molecular complexity index is 295. The third kappa shape index (κ3) is 3.01. The summed E-state index contributed by atoms with van der Waals surface area (Å²) >= 11 is 0. The first-order chi connectivity index (χ1) is 7.22. The van der Waals surface area contributed by atoms with Gasteiger partial charge in [-0.2, -0.15) is 0 Å². The first-order valence-electron chi connectivity index (χ1n) is 5.61. The van der Waals surface area contributed by atoms with E-state index in [-0.39, 0.29) is 6.04 Å². The van der Waals surface area contributed by atoms with Gasteiger partial charge in [0.1, 0.15) is 0 Å². The molecule has 1 atom stereocenters. The maximum absolute atomic E-state index is 5.64. The molecule has 1 unspecified atom stereocenters. The first-order valence-corrected chi connectivity index (χ1v) is 5.61. The van der Waals surface area contributed by atoms with E-state index in [1.807, 2.05) is 19.2 Å². The van der Waals surface area contributed by atoms with Crippen LogP contribution >= 0.6 is 0 Å². The van der Waals surface area contributed by atoms with Crippen LogP contribution in [0.5, 0.6) is 0 Å². The summed E-state index contributed by atoms with van der Waals surface area (Å²) < 4.78 is 0. The fourth-order valence-electron chi connectivity index (χ4n) is 2.03. The molecule has 1 aromatic heterocycles. The summed E-state index contributed by atoms with van der Waals surface area (Å²) in [6, 6.07) is 4.38. The Morgan fingerprint density at radius 1 is 1.40 bits per heavy atom. The van der Waals surface area contributed by atoms with Crippen molar-refractivity contribution in [2.24, 2.45) is 11.8 Å². The van der Waals surface area contributed by atoms with E-state index in [1.54, 1.807) is 0 Å². The van der Waals surface area contributed by atoms with Crippen LogP contribution in [-0.2, 0) is 0 Å². The lowest BCUT2D eigenvalue weighted by Gasteiger charge is -2.25. The third-order valence-corrected chi connectivity index (χ3v) is 2.98. The second kappa shape index (κ2) is 5.83. The highest BCUT2D eigenvalue weighted by molar-refractivity contribution is 5.20. The number of hydrogen-bond acceptors (Lipinski definition) is 3. The van der Waals surface area contributed by atoms with Gasteiger partial charge in [-0.05, 0) is 30.5 Å². The molecule has 0 aliphatic heterocycles. The zero-order valence-corrected chi connectivity index (χ0v) is 9.83. The number of nitrogens with one attached hydrogen (secondary N) is 1. The summed E-state index contributed by atoms with van der Waals surface area (Å²) in [5.74, 6) is 6.22. The van der Waals surface area contributed by atoms with E-state index in [1.165, 1.54) is 5.56 Å². The van der Waals surface area contributed by atoms with Crippen LogP contribution < -0.4 is 11.3 Å². The van der Waals surface area contributed by atoms with Crippen molar-refractivity contribution < 1.29 is 0 Å². The van der Waals surface area contributed by atoms with Crippen LogP contribution in [-0.4, -0.2) is 4.98 Å².